The number of nitrogens with one attached hydrogen (secondary N) is 1. The van der Waals surface area contributed by atoms with Crippen LogP contribution in [0.5, 0.6) is 5.75 Å². The Balaban J connectivity index is 1.80. The first-order valence-corrected chi connectivity index (χ1v) is 8.68. The van der Waals surface area contributed by atoms with Gasteiger partial charge in [-0.25, -0.2) is 0 Å². The predicted molar refractivity (Wildman–Crippen MR) is 103 cm³/mol. The fourth-order valence-corrected chi connectivity index (χ4v) is 3.45. The fourth-order valence-electron chi connectivity index (χ4n) is 3.19. The van der Waals surface area contributed by atoms with E-state index in [4.69, 9.17) is 16.3 Å². The zero-order valence-corrected chi connectivity index (χ0v) is 16.0. The van der Waals surface area contributed by atoms with Crippen LogP contribution in [0.3, 0.4) is 0 Å². The van der Waals surface area contributed by atoms with Crippen molar-refractivity contribution in [2.75, 3.05) is 23.9 Å². The molecule has 0 saturated heterocycles. The second-order valence-electron chi connectivity index (χ2n) is 6.93. The molecule has 0 unspecified atom stereocenters. The molecule has 1 N–H and O–H groups in total. The Morgan fingerprint density at radius 1 is 1.23 bits per heavy atom. The van der Waals surface area contributed by atoms with Crippen LogP contribution in [0.1, 0.15) is 25.0 Å². The van der Waals surface area contributed by atoms with Crippen molar-refractivity contribution < 1.29 is 14.3 Å². The first kappa shape index (κ1) is 18.3. The van der Waals surface area contributed by atoms with Crippen LogP contribution in [0.2, 0.25) is 5.02 Å². The third-order valence-corrected chi connectivity index (χ3v) is 4.93. The molecule has 1 aliphatic heterocycles. The van der Waals surface area contributed by atoms with Gasteiger partial charge in [-0.15, -0.1) is 0 Å². The maximum atomic E-state index is 12.8. The second kappa shape index (κ2) is 6.65. The van der Waals surface area contributed by atoms with Crippen molar-refractivity contribution in [2.45, 2.75) is 26.2 Å². The van der Waals surface area contributed by atoms with Crippen LogP contribution >= 0.6 is 11.6 Å². The molecule has 0 aliphatic carbocycles. The van der Waals surface area contributed by atoms with Gasteiger partial charge in [0.25, 0.3) is 0 Å². The van der Waals surface area contributed by atoms with Crippen LogP contribution in [0.4, 0.5) is 11.4 Å². The Hall–Kier alpha value is -2.53. The van der Waals surface area contributed by atoms with Crippen molar-refractivity contribution in [1.29, 1.82) is 0 Å². The standard InChI is InChI=1S/C20H21ClN2O3/c1-12-5-7-16-14(9-12)20(2,3)19(25)23(16)11-18(24)22-13-6-8-17(26-4)15(21)10-13/h5-10H,11H2,1-4H3,(H,22,24). The smallest absolute Gasteiger partial charge is 0.244 e. The molecule has 0 aromatic heterocycles. The quantitative estimate of drug-likeness (QED) is 0.884. The molecule has 6 heteroatoms. The molecule has 0 saturated carbocycles. The summed E-state index contributed by atoms with van der Waals surface area (Å²) in [5, 5.41) is 3.19. The van der Waals surface area contributed by atoms with Gasteiger partial charge >= 0.3 is 0 Å². The molecule has 1 heterocycles. The number of fused-ring (bicyclic) bond motifs is 1. The number of aryl methyl sites for hydroxylation is 1. The third kappa shape index (κ3) is 3.15. The highest BCUT2D eigenvalue weighted by Crippen LogP contribution is 2.41. The zero-order chi connectivity index (χ0) is 19.1. The van der Waals surface area contributed by atoms with E-state index in [2.05, 4.69) is 5.32 Å². The van der Waals surface area contributed by atoms with Crippen LogP contribution in [0, 0.1) is 6.92 Å². The SMILES string of the molecule is COc1ccc(NC(=O)CN2C(=O)C(C)(C)c3cc(C)ccc32)cc1Cl. The molecular formula is C20H21ClN2O3. The summed E-state index contributed by atoms with van der Waals surface area (Å²) >= 11 is 6.08. The van der Waals surface area contributed by atoms with Crippen LogP contribution in [-0.4, -0.2) is 25.5 Å². The number of carbonyl (C=O) groups excluding carboxylic acids is 2. The third-order valence-electron chi connectivity index (χ3n) is 4.63. The lowest BCUT2D eigenvalue weighted by Crippen LogP contribution is -2.40. The van der Waals surface area contributed by atoms with Gasteiger partial charge in [0.2, 0.25) is 11.8 Å². The number of hydrogen-bond acceptors (Lipinski definition) is 3. The van der Waals surface area contributed by atoms with Crippen molar-refractivity contribution in [3.63, 3.8) is 0 Å². The van der Waals surface area contributed by atoms with Crippen molar-refractivity contribution in [3.05, 3.63) is 52.5 Å². The number of anilines is 2. The molecule has 2 amide bonds. The van der Waals surface area contributed by atoms with Gasteiger partial charge in [0.05, 0.1) is 17.5 Å². The number of amides is 2. The minimum absolute atomic E-state index is 0.0536. The molecule has 0 spiro atoms. The summed E-state index contributed by atoms with van der Waals surface area (Å²) in [4.78, 5) is 26.9. The number of nitrogens with zero attached hydrogens (tertiary/aromatic N) is 1. The van der Waals surface area contributed by atoms with E-state index in [0.717, 1.165) is 16.8 Å². The average molecular weight is 373 g/mol. The molecule has 0 fully saturated rings. The van der Waals surface area contributed by atoms with E-state index >= 15 is 0 Å². The molecule has 1 aliphatic rings. The lowest BCUT2D eigenvalue weighted by Gasteiger charge is -2.20. The molecule has 0 radical (unpaired) electrons. The molecular weight excluding hydrogens is 352 g/mol. The highest BCUT2D eigenvalue weighted by Gasteiger charge is 2.44. The number of methoxy groups -OCH3 is 1. The first-order valence-electron chi connectivity index (χ1n) is 8.30. The Morgan fingerprint density at radius 3 is 2.62 bits per heavy atom. The number of rotatable bonds is 4. The first-order chi connectivity index (χ1) is 12.2. The summed E-state index contributed by atoms with van der Waals surface area (Å²) in [6.07, 6.45) is 0. The number of hydrogen-bond donors (Lipinski definition) is 1. The Morgan fingerprint density at radius 2 is 1.96 bits per heavy atom. The number of benzene rings is 2. The van der Waals surface area contributed by atoms with Crippen molar-refractivity contribution in [2.24, 2.45) is 0 Å². The topological polar surface area (TPSA) is 58.6 Å². The number of halogens is 1. The largest absolute Gasteiger partial charge is 0.495 e. The zero-order valence-electron chi connectivity index (χ0n) is 15.2. The molecule has 136 valence electrons. The molecule has 0 bridgehead atoms. The normalized spacial score (nSPS) is 15.0. The van der Waals surface area contributed by atoms with Crippen molar-refractivity contribution >= 4 is 34.8 Å². The Bertz CT molecular complexity index is 893. The molecule has 0 atom stereocenters. The van der Waals surface area contributed by atoms with Crippen molar-refractivity contribution in [1.82, 2.24) is 0 Å². The van der Waals surface area contributed by atoms with Crippen molar-refractivity contribution in [3.8, 4) is 5.75 Å². The van der Waals surface area contributed by atoms with Gasteiger partial charge < -0.3 is 15.0 Å². The predicted octanol–water partition coefficient (Wildman–Crippen LogP) is 3.92. The maximum absolute atomic E-state index is 12.8. The number of ether oxygens (including phenoxy) is 1. The van der Waals surface area contributed by atoms with Crippen LogP contribution in [0.25, 0.3) is 0 Å². The fraction of sp³-hybridized carbons (Fsp3) is 0.300. The Labute approximate surface area is 157 Å². The van der Waals surface area contributed by atoms with Crippen LogP contribution < -0.4 is 15.0 Å². The number of carbonyl (C=O) groups is 2. The highest BCUT2D eigenvalue weighted by molar-refractivity contribution is 6.32. The van der Waals surface area contributed by atoms with E-state index in [1.54, 1.807) is 18.2 Å². The minimum atomic E-state index is -0.648. The van der Waals surface area contributed by atoms with E-state index in [0.29, 0.717) is 16.5 Å². The molecule has 3 rings (SSSR count). The van der Waals surface area contributed by atoms with E-state index in [1.807, 2.05) is 39.0 Å². The van der Waals surface area contributed by atoms with E-state index in [1.165, 1.54) is 12.0 Å². The van der Waals surface area contributed by atoms with Gasteiger partial charge in [0, 0.05) is 11.4 Å². The minimum Gasteiger partial charge on any atom is -0.495 e. The summed E-state index contributed by atoms with van der Waals surface area (Å²) in [6.45, 7) is 5.70. The van der Waals surface area contributed by atoms with E-state index in [9.17, 15) is 9.59 Å². The van der Waals surface area contributed by atoms with Gasteiger partial charge in [-0.05, 0) is 50.6 Å². The van der Waals surface area contributed by atoms with Gasteiger partial charge in [0.1, 0.15) is 12.3 Å². The monoisotopic (exact) mass is 372 g/mol. The summed E-state index contributed by atoms with van der Waals surface area (Å²) in [6, 6.07) is 10.9. The van der Waals surface area contributed by atoms with Gasteiger partial charge in [-0.3, -0.25) is 9.59 Å². The summed E-state index contributed by atoms with van der Waals surface area (Å²) < 4.78 is 5.10. The summed E-state index contributed by atoms with van der Waals surface area (Å²) in [5.41, 5.74) is 2.72. The summed E-state index contributed by atoms with van der Waals surface area (Å²) in [5.74, 6) is 0.162. The molecule has 2 aromatic carbocycles. The average Bonchev–Trinajstić information content (AvgIpc) is 2.76. The van der Waals surface area contributed by atoms with Crippen LogP contribution in [-0.2, 0) is 15.0 Å². The van der Waals surface area contributed by atoms with Gasteiger partial charge in [-0.1, -0.05) is 29.3 Å². The van der Waals surface area contributed by atoms with E-state index < -0.39 is 5.41 Å². The molecule has 26 heavy (non-hydrogen) atoms. The highest BCUT2D eigenvalue weighted by atomic mass is 35.5. The maximum Gasteiger partial charge on any atom is 0.244 e. The molecule has 2 aromatic rings. The van der Waals surface area contributed by atoms with Gasteiger partial charge in [0.15, 0.2) is 0 Å². The van der Waals surface area contributed by atoms with Gasteiger partial charge in [-0.2, -0.15) is 0 Å². The second-order valence-corrected chi connectivity index (χ2v) is 7.34. The lowest BCUT2D eigenvalue weighted by atomic mass is 9.85. The Kier molecular flexibility index (Phi) is 4.67. The van der Waals surface area contributed by atoms with Crippen LogP contribution in [0.15, 0.2) is 36.4 Å². The summed E-state index contributed by atoms with van der Waals surface area (Å²) in [7, 11) is 1.53. The molecule has 5 nitrogen and oxygen atoms in total. The van der Waals surface area contributed by atoms with E-state index in [-0.39, 0.29) is 18.4 Å². The lowest BCUT2D eigenvalue weighted by molar-refractivity contribution is -0.124.